The quantitative estimate of drug-likeness (QED) is 0.374. The summed E-state index contributed by atoms with van der Waals surface area (Å²) in [5.41, 5.74) is 0. The number of ether oxygens (including phenoxy) is 1. The number of rotatable bonds is 2. The van der Waals surface area contributed by atoms with Gasteiger partial charge in [-0.05, 0) is 39.1 Å². The molecule has 110 valence electrons. The molecule has 0 atom stereocenters. The Kier molecular flexibility index (Phi) is 3.09. The fourth-order valence-electron chi connectivity index (χ4n) is 3.08. The number of fused-ring (bicyclic) bond motifs is 5. The van der Waals surface area contributed by atoms with Crippen molar-refractivity contribution in [1.29, 1.82) is 0 Å². The molecule has 0 unspecified atom stereocenters. The third-order valence-electron chi connectivity index (χ3n) is 4.09. The summed E-state index contributed by atoms with van der Waals surface area (Å²) in [4.78, 5) is 11.7. The number of hydrogen-bond donors (Lipinski definition) is 0. The Bertz CT molecular complexity index is 1080. The van der Waals surface area contributed by atoms with Crippen LogP contribution >= 0.6 is 0 Å². The van der Waals surface area contributed by atoms with Gasteiger partial charge in [0.15, 0.2) is 0 Å². The summed E-state index contributed by atoms with van der Waals surface area (Å²) in [6, 6.07) is 22.3. The fraction of sp³-hybridized carbons (Fsp3) is 0. The van der Waals surface area contributed by atoms with E-state index in [1.165, 1.54) is 16.8 Å². The maximum Gasteiger partial charge on any atom is 0.335 e. The molecule has 0 heterocycles. The molecule has 0 N–H and O–H groups in total. The molecule has 4 aromatic rings. The minimum Gasteiger partial charge on any atom is -0.423 e. The molecule has 0 radical (unpaired) electrons. The van der Waals surface area contributed by atoms with E-state index in [0.717, 1.165) is 21.5 Å². The second-order valence-electron chi connectivity index (χ2n) is 5.43. The highest BCUT2D eigenvalue weighted by Gasteiger charge is 2.11. The predicted molar refractivity (Wildman–Crippen MR) is 94.8 cm³/mol. The third-order valence-corrected chi connectivity index (χ3v) is 4.09. The van der Waals surface area contributed by atoms with E-state index in [0.29, 0.717) is 5.75 Å². The van der Waals surface area contributed by atoms with Crippen LogP contribution < -0.4 is 4.74 Å². The Morgan fingerprint density at radius 3 is 2.39 bits per heavy atom. The van der Waals surface area contributed by atoms with Crippen LogP contribution in [0, 0.1) is 0 Å². The van der Waals surface area contributed by atoms with Gasteiger partial charge in [0.05, 0.1) is 0 Å². The lowest BCUT2D eigenvalue weighted by Crippen LogP contribution is -2.02. The molecular weight excluding hydrogens is 284 g/mol. The van der Waals surface area contributed by atoms with E-state index in [-0.39, 0.29) is 0 Å². The zero-order chi connectivity index (χ0) is 15.8. The Morgan fingerprint density at radius 1 is 0.826 bits per heavy atom. The van der Waals surface area contributed by atoms with E-state index >= 15 is 0 Å². The molecule has 0 fully saturated rings. The van der Waals surface area contributed by atoms with Gasteiger partial charge < -0.3 is 4.74 Å². The van der Waals surface area contributed by atoms with Crippen LogP contribution in [0.5, 0.6) is 5.75 Å². The van der Waals surface area contributed by atoms with E-state index in [1.807, 2.05) is 36.4 Å². The molecule has 2 heteroatoms. The van der Waals surface area contributed by atoms with Crippen LogP contribution in [-0.4, -0.2) is 5.97 Å². The van der Waals surface area contributed by atoms with Crippen LogP contribution in [0.15, 0.2) is 79.4 Å². The fourth-order valence-corrected chi connectivity index (χ4v) is 3.08. The smallest absolute Gasteiger partial charge is 0.335 e. The van der Waals surface area contributed by atoms with Gasteiger partial charge in [0.1, 0.15) is 5.75 Å². The summed E-state index contributed by atoms with van der Waals surface area (Å²) in [6.45, 7) is 3.48. The molecule has 0 aromatic heterocycles. The van der Waals surface area contributed by atoms with E-state index in [2.05, 4.69) is 36.9 Å². The van der Waals surface area contributed by atoms with E-state index in [1.54, 1.807) is 0 Å². The van der Waals surface area contributed by atoms with Crippen LogP contribution in [0.3, 0.4) is 0 Å². The number of esters is 1. The van der Waals surface area contributed by atoms with Gasteiger partial charge in [-0.3, -0.25) is 0 Å². The Morgan fingerprint density at radius 2 is 1.57 bits per heavy atom. The van der Waals surface area contributed by atoms with Crippen molar-refractivity contribution in [2.45, 2.75) is 0 Å². The van der Waals surface area contributed by atoms with Crippen LogP contribution in [0.1, 0.15) is 0 Å². The van der Waals surface area contributed by atoms with Crippen molar-refractivity contribution < 1.29 is 9.53 Å². The van der Waals surface area contributed by atoms with Gasteiger partial charge >= 0.3 is 5.97 Å². The van der Waals surface area contributed by atoms with Crippen molar-refractivity contribution >= 4 is 38.3 Å². The highest BCUT2D eigenvalue weighted by Crippen LogP contribution is 2.37. The minimum atomic E-state index is -0.453. The SMILES string of the molecule is C=CC(=O)Oc1ccccc2ccc3c4ccccc4cc3c12. The first-order valence-electron chi connectivity index (χ1n) is 7.45. The molecule has 0 bridgehead atoms. The lowest BCUT2D eigenvalue weighted by Gasteiger charge is -2.04. The lowest BCUT2D eigenvalue weighted by molar-refractivity contribution is -0.128. The van der Waals surface area contributed by atoms with Gasteiger partial charge in [-0.25, -0.2) is 4.79 Å². The highest BCUT2D eigenvalue weighted by molar-refractivity contribution is 6.22. The molecular formula is C21H14O2. The van der Waals surface area contributed by atoms with Gasteiger partial charge in [-0.15, -0.1) is 0 Å². The summed E-state index contributed by atoms with van der Waals surface area (Å²) >= 11 is 0. The lowest BCUT2D eigenvalue weighted by atomic mass is 10.1. The predicted octanol–water partition coefficient (Wildman–Crippen LogP) is 5.24. The first-order chi connectivity index (χ1) is 11.3. The normalized spacial score (nSPS) is 11.0. The van der Waals surface area contributed by atoms with Crippen LogP contribution in [0.4, 0.5) is 0 Å². The van der Waals surface area contributed by atoms with Crippen LogP contribution in [0.25, 0.3) is 32.3 Å². The molecule has 4 aromatic carbocycles. The summed E-state index contributed by atoms with van der Waals surface area (Å²) in [7, 11) is 0. The first kappa shape index (κ1) is 13.5. The Hall–Kier alpha value is -3.13. The monoisotopic (exact) mass is 298 g/mol. The maximum atomic E-state index is 11.7. The maximum absolute atomic E-state index is 11.7. The highest BCUT2D eigenvalue weighted by atomic mass is 16.5. The zero-order valence-electron chi connectivity index (χ0n) is 12.5. The van der Waals surface area contributed by atoms with Gasteiger partial charge in [0, 0.05) is 11.5 Å². The average Bonchev–Trinajstić information content (AvgIpc) is 2.83. The second kappa shape index (κ2) is 5.25. The van der Waals surface area contributed by atoms with Gasteiger partial charge in [0.2, 0.25) is 0 Å². The van der Waals surface area contributed by atoms with E-state index < -0.39 is 5.97 Å². The number of benzene rings is 2. The number of carbonyl (C=O) groups excluding carboxylic acids is 1. The zero-order valence-corrected chi connectivity index (χ0v) is 12.5. The Balaban J connectivity index is 2.17. The molecule has 0 amide bonds. The summed E-state index contributed by atoms with van der Waals surface area (Å²) in [6.07, 6.45) is 1.18. The van der Waals surface area contributed by atoms with Crippen molar-refractivity contribution in [1.82, 2.24) is 0 Å². The average molecular weight is 298 g/mol. The second-order valence-corrected chi connectivity index (χ2v) is 5.43. The topological polar surface area (TPSA) is 26.3 Å². The van der Waals surface area contributed by atoms with E-state index in [4.69, 9.17) is 4.74 Å². The largest absolute Gasteiger partial charge is 0.423 e. The van der Waals surface area contributed by atoms with Gasteiger partial charge in [-0.1, -0.05) is 61.2 Å². The molecule has 0 aliphatic carbocycles. The number of carbonyl (C=O) groups is 1. The van der Waals surface area contributed by atoms with Crippen LogP contribution in [0.2, 0.25) is 0 Å². The molecule has 0 aliphatic heterocycles. The molecule has 2 nitrogen and oxygen atoms in total. The van der Waals surface area contributed by atoms with Gasteiger partial charge in [-0.2, -0.15) is 0 Å². The standard InChI is InChI=1S/C21H14O2/c1-2-20(22)23-19-10-6-4-7-14-11-12-17-16-9-5-3-8-15(16)13-18(17)21(14)19/h2-13H,1H2. The van der Waals surface area contributed by atoms with Crippen molar-refractivity contribution in [3.63, 3.8) is 0 Å². The Labute approximate surface area is 133 Å². The summed E-state index contributed by atoms with van der Waals surface area (Å²) in [5.74, 6) is 0.0985. The van der Waals surface area contributed by atoms with Crippen molar-refractivity contribution in [3.05, 3.63) is 79.4 Å². The minimum absolute atomic E-state index is 0.453. The van der Waals surface area contributed by atoms with E-state index in [9.17, 15) is 4.79 Å². The van der Waals surface area contributed by atoms with Crippen molar-refractivity contribution in [3.8, 4) is 5.75 Å². The first-order valence-corrected chi connectivity index (χ1v) is 7.45. The molecule has 0 saturated carbocycles. The summed E-state index contributed by atoms with van der Waals surface area (Å²) < 4.78 is 5.48. The van der Waals surface area contributed by atoms with Gasteiger partial charge in [0.25, 0.3) is 0 Å². The van der Waals surface area contributed by atoms with Crippen molar-refractivity contribution in [2.75, 3.05) is 0 Å². The van der Waals surface area contributed by atoms with Crippen molar-refractivity contribution in [2.24, 2.45) is 0 Å². The molecule has 23 heavy (non-hydrogen) atoms. The summed E-state index contributed by atoms with van der Waals surface area (Å²) in [5, 5.41) is 6.62. The van der Waals surface area contributed by atoms with Crippen LogP contribution in [-0.2, 0) is 4.79 Å². The molecule has 0 spiro atoms. The third kappa shape index (κ3) is 2.16. The molecule has 0 aliphatic rings. The molecule has 4 rings (SSSR count). The molecule has 0 saturated heterocycles. The number of hydrogen-bond acceptors (Lipinski definition) is 2.